The summed E-state index contributed by atoms with van der Waals surface area (Å²) < 4.78 is 29.4. The van der Waals surface area contributed by atoms with Crippen LogP contribution in [0.1, 0.15) is 51.3 Å². The molecule has 3 heterocycles. The van der Waals surface area contributed by atoms with Crippen molar-refractivity contribution in [2.24, 2.45) is 16.3 Å². The molecule has 0 amide bonds. The maximum atomic E-state index is 14.9. The van der Waals surface area contributed by atoms with Crippen molar-refractivity contribution in [2.45, 2.75) is 59.0 Å². The summed E-state index contributed by atoms with van der Waals surface area (Å²) in [5.41, 5.74) is 0.615. The number of benzene rings is 1. The largest absolute Gasteiger partial charge is 0.481 e. The van der Waals surface area contributed by atoms with Crippen LogP contribution in [0, 0.1) is 23.0 Å². The second kappa shape index (κ2) is 11.3. The average molecular weight is 531 g/mol. The first-order valence-corrected chi connectivity index (χ1v) is 13.1. The van der Waals surface area contributed by atoms with E-state index in [-0.39, 0.29) is 23.2 Å². The van der Waals surface area contributed by atoms with Gasteiger partial charge in [0, 0.05) is 24.6 Å². The number of hydrogen-bond donors (Lipinski definition) is 2. The van der Waals surface area contributed by atoms with Crippen LogP contribution in [0.3, 0.4) is 0 Å². The third kappa shape index (κ3) is 6.02. The number of rotatable bonds is 8. The van der Waals surface area contributed by atoms with Crippen LogP contribution in [-0.2, 0) is 17.8 Å². The molecule has 1 fully saturated rings. The van der Waals surface area contributed by atoms with Gasteiger partial charge in [0.1, 0.15) is 23.3 Å². The second-order valence-corrected chi connectivity index (χ2v) is 10.7. The SMILES string of the molecule is CCC1CC(Cc2nc(NC3=NCC(C(C)C)=C3)ccc2F)(C(=O)O)CCN1Cc1cccc(Cl)c1F. The van der Waals surface area contributed by atoms with Crippen molar-refractivity contribution in [2.75, 3.05) is 18.4 Å². The minimum Gasteiger partial charge on any atom is -0.481 e. The van der Waals surface area contributed by atoms with Crippen LogP contribution in [0.15, 0.2) is 47.0 Å². The molecule has 2 aromatic rings. The van der Waals surface area contributed by atoms with Gasteiger partial charge in [-0.05, 0) is 61.6 Å². The highest BCUT2D eigenvalue weighted by molar-refractivity contribution is 6.30. The second-order valence-electron chi connectivity index (χ2n) is 10.3. The molecule has 1 aromatic carbocycles. The molecule has 198 valence electrons. The number of hydrogen-bond acceptors (Lipinski definition) is 5. The monoisotopic (exact) mass is 530 g/mol. The summed E-state index contributed by atoms with van der Waals surface area (Å²) in [4.78, 5) is 23.6. The fraction of sp³-hybridized carbons (Fsp3) is 0.464. The number of carbonyl (C=O) groups is 1. The van der Waals surface area contributed by atoms with E-state index < -0.39 is 23.0 Å². The Morgan fingerprint density at radius 3 is 2.76 bits per heavy atom. The summed E-state index contributed by atoms with van der Waals surface area (Å²) in [6.45, 7) is 7.57. The number of nitrogens with zero attached hydrogens (tertiary/aromatic N) is 3. The van der Waals surface area contributed by atoms with Crippen LogP contribution in [0.2, 0.25) is 5.02 Å². The van der Waals surface area contributed by atoms with Crippen molar-refractivity contribution in [3.05, 3.63) is 69.9 Å². The van der Waals surface area contributed by atoms with E-state index in [1.807, 2.05) is 13.0 Å². The van der Waals surface area contributed by atoms with Crippen LogP contribution in [-0.4, -0.2) is 45.9 Å². The Balaban J connectivity index is 1.52. The number of aliphatic carboxylic acids is 1. The number of nitrogens with one attached hydrogen (secondary N) is 1. The van der Waals surface area contributed by atoms with Crippen LogP contribution in [0.5, 0.6) is 0 Å². The lowest BCUT2D eigenvalue weighted by Crippen LogP contribution is -2.50. The number of carboxylic acids is 1. The number of aromatic nitrogens is 1. The topological polar surface area (TPSA) is 77.8 Å². The lowest BCUT2D eigenvalue weighted by Gasteiger charge is -2.44. The van der Waals surface area contributed by atoms with Gasteiger partial charge in [-0.15, -0.1) is 0 Å². The Kier molecular flexibility index (Phi) is 8.29. The summed E-state index contributed by atoms with van der Waals surface area (Å²) >= 11 is 5.95. The Morgan fingerprint density at radius 1 is 1.30 bits per heavy atom. The van der Waals surface area contributed by atoms with Crippen molar-refractivity contribution in [3.63, 3.8) is 0 Å². The van der Waals surface area contributed by atoms with Crippen molar-refractivity contribution in [1.82, 2.24) is 9.88 Å². The number of halogens is 3. The molecule has 2 N–H and O–H groups in total. The minimum atomic E-state index is -1.17. The summed E-state index contributed by atoms with van der Waals surface area (Å²) in [5.74, 6) is -0.486. The van der Waals surface area contributed by atoms with Crippen LogP contribution in [0.4, 0.5) is 14.6 Å². The molecular weight excluding hydrogens is 498 g/mol. The van der Waals surface area contributed by atoms with Gasteiger partial charge in [0.25, 0.3) is 0 Å². The summed E-state index contributed by atoms with van der Waals surface area (Å²) in [6.07, 6.45) is 3.23. The maximum absolute atomic E-state index is 14.9. The molecule has 4 rings (SSSR count). The molecule has 2 unspecified atom stereocenters. The Bertz CT molecular complexity index is 1230. The third-order valence-electron chi connectivity index (χ3n) is 7.53. The lowest BCUT2D eigenvalue weighted by atomic mass is 9.71. The van der Waals surface area contributed by atoms with Gasteiger partial charge in [-0.2, -0.15) is 0 Å². The van der Waals surface area contributed by atoms with Gasteiger partial charge >= 0.3 is 5.97 Å². The molecule has 0 saturated carbocycles. The molecule has 0 radical (unpaired) electrons. The number of likely N-dealkylation sites (tertiary alicyclic amines) is 1. The first-order valence-electron chi connectivity index (χ1n) is 12.7. The molecule has 0 bridgehead atoms. The van der Waals surface area contributed by atoms with Gasteiger partial charge in [-0.3, -0.25) is 14.7 Å². The van der Waals surface area contributed by atoms with Crippen molar-refractivity contribution in [1.29, 1.82) is 0 Å². The Morgan fingerprint density at radius 2 is 2.08 bits per heavy atom. The van der Waals surface area contributed by atoms with Crippen molar-refractivity contribution < 1.29 is 18.7 Å². The van der Waals surface area contributed by atoms with Crippen LogP contribution >= 0.6 is 11.6 Å². The minimum absolute atomic E-state index is 0.0287. The average Bonchev–Trinajstić information content (AvgIpc) is 3.33. The zero-order valence-corrected chi connectivity index (χ0v) is 22.2. The standard InChI is InChI=1S/C28H33ClF2N4O2/c1-4-20-13-28(27(36)37,10-11-35(20)16-18-6-5-7-21(29)26(18)31)14-23-22(30)8-9-24(33-23)34-25-12-19(15-32-25)17(2)3/h5-9,12,17,20H,4,10-11,13-16H2,1-3H3,(H,36,37)(H,32,33,34). The Hall–Kier alpha value is -2.84. The molecular formula is C28H33ClF2N4O2. The summed E-state index contributed by atoms with van der Waals surface area (Å²) in [7, 11) is 0. The highest BCUT2D eigenvalue weighted by atomic mass is 35.5. The molecule has 2 aliphatic heterocycles. The molecule has 2 aliphatic rings. The van der Waals surface area contributed by atoms with E-state index in [1.165, 1.54) is 23.8 Å². The van der Waals surface area contributed by atoms with Gasteiger partial charge in [0.05, 0.1) is 22.7 Å². The van der Waals surface area contributed by atoms with Gasteiger partial charge in [-0.25, -0.2) is 13.8 Å². The predicted octanol–water partition coefficient (Wildman–Crippen LogP) is 6.11. The van der Waals surface area contributed by atoms with Gasteiger partial charge < -0.3 is 10.4 Å². The lowest BCUT2D eigenvalue weighted by molar-refractivity contribution is -0.154. The quantitative estimate of drug-likeness (QED) is 0.430. The summed E-state index contributed by atoms with van der Waals surface area (Å²) in [5, 5.41) is 13.5. The van der Waals surface area contributed by atoms with E-state index in [0.29, 0.717) is 62.0 Å². The predicted molar refractivity (Wildman–Crippen MR) is 142 cm³/mol. The molecule has 9 heteroatoms. The molecule has 0 spiro atoms. The number of aliphatic imine (C=N–C) groups is 1. The van der Waals surface area contributed by atoms with Gasteiger partial charge in [0.15, 0.2) is 0 Å². The number of piperidine rings is 1. The van der Waals surface area contributed by atoms with Crippen LogP contribution in [0.25, 0.3) is 0 Å². The van der Waals surface area contributed by atoms with E-state index >= 15 is 0 Å². The Labute approximate surface area is 221 Å². The third-order valence-corrected chi connectivity index (χ3v) is 7.82. The van der Waals surface area contributed by atoms with E-state index in [2.05, 4.69) is 34.0 Å². The molecule has 1 saturated heterocycles. The smallest absolute Gasteiger partial charge is 0.310 e. The first kappa shape index (κ1) is 27.2. The molecule has 0 aliphatic carbocycles. The molecule has 6 nitrogen and oxygen atoms in total. The fourth-order valence-corrected chi connectivity index (χ4v) is 5.34. The number of anilines is 1. The van der Waals surface area contributed by atoms with Crippen molar-refractivity contribution >= 4 is 29.2 Å². The zero-order valence-electron chi connectivity index (χ0n) is 21.4. The maximum Gasteiger partial charge on any atom is 0.310 e. The first-order chi connectivity index (χ1) is 17.6. The molecule has 2 atom stereocenters. The fourth-order valence-electron chi connectivity index (χ4n) is 5.15. The number of amidine groups is 1. The zero-order chi connectivity index (χ0) is 26.7. The van der Waals surface area contributed by atoms with E-state index in [9.17, 15) is 18.7 Å². The highest BCUT2D eigenvalue weighted by Gasteiger charge is 2.46. The van der Waals surface area contributed by atoms with Gasteiger partial charge in [0.2, 0.25) is 0 Å². The van der Waals surface area contributed by atoms with Gasteiger partial charge in [-0.1, -0.05) is 44.5 Å². The van der Waals surface area contributed by atoms with Crippen molar-refractivity contribution in [3.8, 4) is 0 Å². The normalized spacial score (nSPS) is 22.2. The summed E-state index contributed by atoms with van der Waals surface area (Å²) in [6, 6.07) is 7.65. The number of carboxylic acid groups (broad SMARTS) is 1. The molecule has 1 aromatic heterocycles. The van der Waals surface area contributed by atoms with E-state index in [0.717, 1.165) is 0 Å². The van der Waals surface area contributed by atoms with Crippen LogP contribution < -0.4 is 5.32 Å². The van der Waals surface area contributed by atoms with E-state index in [1.54, 1.807) is 12.1 Å². The number of pyridine rings is 1. The molecule has 37 heavy (non-hydrogen) atoms. The van der Waals surface area contributed by atoms with E-state index in [4.69, 9.17) is 11.6 Å². The highest BCUT2D eigenvalue weighted by Crippen LogP contribution is 2.40.